The Morgan fingerprint density at radius 2 is 1.72 bits per heavy atom. The summed E-state index contributed by atoms with van der Waals surface area (Å²) >= 11 is 0. The van der Waals surface area contributed by atoms with Gasteiger partial charge in [-0.2, -0.15) is 23.5 Å². The van der Waals surface area contributed by atoms with Crippen LogP contribution in [0, 0.1) is 17.2 Å². The van der Waals surface area contributed by atoms with E-state index >= 15 is 0 Å². The Morgan fingerprint density at radius 3 is 2.41 bits per heavy atom. The molecule has 58 heavy (non-hydrogen) atoms. The number of carbonyl (C=O) groups is 3. The monoisotopic (exact) mass is 799 g/mol. The zero-order valence-corrected chi connectivity index (χ0v) is 31.8. The largest absolute Gasteiger partial charge is 0.490 e. The van der Waals surface area contributed by atoms with E-state index in [0.29, 0.717) is 43.8 Å². The predicted octanol–water partition coefficient (Wildman–Crippen LogP) is 5.23. The molecule has 4 aliphatic rings. The van der Waals surface area contributed by atoms with Crippen LogP contribution in [0.1, 0.15) is 85.4 Å². The smallest absolute Gasteiger partial charge is 0.417 e. The molecule has 304 valence electrons. The number of halogens is 3. The number of ether oxygens (including phenoxy) is 1. The van der Waals surface area contributed by atoms with Gasteiger partial charge in [0.05, 0.1) is 46.6 Å². The number of amides is 4. The highest BCUT2D eigenvalue weighted by atomic mass is 19.4. The number of nitrogens with zero attached hydrogens (tertiary/aromatic N) is 9. The molecule has 1 saturated carbocycles. The third kappa shape index (κ3) is 8.54. The van der Waals surface area contributed by atoms with Gasteiger partial charge in [0.15, 0.2) is 17.2 Å². The lowest BCUT2D eigenvalue weighted by Gasteiger charge is -2.38. The van der Waals surface area contributed by atoms with E-state index in [-0.39, 0.29) is 47.9 Å². The molecular formula is C40H44F3N11O4. The number of alkyl halides is 3. The Hall–Kier alpha value is -5.83. The van der Waals surface area contributed by atoms with Crippen molar-refractivity contribution < 1.29 is 32.3 Å². The molecule has 0 bridgehead atoms. The quantitative estimate of drug-likeness (QED) is 0.227. The fourth-order valence-corrected chi connectivity index (χ4v) is 8.61. The van der Waals surface area contributed by atoms with Crippen molar-refractivity contribution in [3.8, 4) is 11.8 Å². The molecule has 0 atom stereocenters. The molecule has 4 amide bonds. The number of nitriles is 1. The van der Waals surface area contributed by atoms with Crippen molar-refractivity contribution in [1.82, 2.24) is 40.5 Å². The molecule has 3 saturated heterocycles. The number of rotatable bonds is 9. The summed E-state index contributed by atoms with van der Waals surface area (Å²) in [6.07, 6.45) is 5.02. The van der Waals surface area contributed by atoms with Gasteiger partial charge in [-0.1, -0.05) is 0 Å². The van der Waals surface area contributed by atoms with Gasteiger partial charge in [0.1, 0.15) is 5.75 Å². The van der Waals surface area contributed by atoms with Gasteiger partial charge in [0.2, 0.25) is 5.91 Å². The van der Waals surface area contributed by atoms with Crippen LogP contribution in [-0.2, 0) is 11.0 Å². The van der Waals surface area contributed by atoms with Crippen LogP contribution in [0.5, 0.6) is 5.75 Å². The van der Waals surface area contributed by atoms with Crippen molar-refractivity contribution in [1.29, 1.82) is 5.26 Å². The number of carbonyl (C=O) groups excluding carboxylic acids is 3. The first-order valence-corrected chi connectivity index (χ1v) is 19.9. The zero-order valence-electron chi connectivity index (χ0n) is 31.8. The third-order valence-corrected chi connectivity index (χ3v) is 11.8. The standard InChI is InChI=1S/C40H44F3N11O4/c41-40(42,43)32-21-30(4-1-26(32)22-44)58-29-5-2-27(3-6-29)47-38(56)33-7-8-35(50-49-33)52-18-10-25(11-19-52)24-51-16-12-28(13-17-51)54-37-31(23-46-54)34(9-15-45-37)53-20-14-36(55)48-39(53)57/h1,4,7-9,15,21,23,25,27-29H,2-3,5-6,10-14,16-20,24H2,(H,47,56)(H,48,55,57)/t27-,29-. The van der Waals surface area contributed by atoms with E-state index in [4.69, 9.17) is 15.1 Å². The zero-order chi connectivity index (χ0) is 40.4. The average Bonchev–Trinajstić information content (AvgIpc) is 3.67. The van der Waals surface area contributed by atoms with Crippen molar-refractivity contribution in [2.45, 2.75) is 82.2 Å². The summed E-state index contributed by atoms with van der Waals surface area (Å²) in [5.74, 6) is 0.777. The Morgan fingerprint density at radius 1 is 0.948 bits per heavy atom. The fourth-order valence-electron chi connectivity index (χ4n) is 8.61. The molecule has 0 spiro atoms. The van der Waals surface area contributed by atoms with Gasteiger partial charge in [0, 0.05) is 57.9 Å². The molecule has 1 aliphatic carbocycles. The van der Waals surface area contributed by atoms with Crippen molar-refractivity contribution in [3.05, 3.63) is 65.6 Å². The summed E-state index contributed by atoms with van der Waals surface area (Å²) in [7, 11) is 0. The highest BCUT2D eigenvalue weighted by Crippen LogP contribution is 2.36. The molecule has 1 aromatic carbocycles. The molecule has 15 nitrogen and oxygen atoms in total. The van der Waals surface area contributed by atoms with Gasteiger partial charge in [-0.05, 0) is 93.7 Å². The minimum Gasteiger partial charge on any atom is -0.490 e. The summed E-state index contributed by atoms with van der Waals surface area (Å²) in [5.41, 5.74) is 0.214. The lowest BCUT2D eigenvalue weighted by atomic mass is 9.92. The van der Waals surface area contributed by atoms with E-state index in [0.717, 1.165) is 87.4 Å². The fraction of sp³-hybridized carbons (Fsp3) is 0.500. The van der Waals surface area contributed by atoms with Gasteiger partial charge in [0.25, 0.3) is 5.91 Å². The first kappa shape index (κ1) is 39.0. The van der Waals surface area contributed by atoms with Crippen molar-refractivity contribution in [3.63, 3.8) is 0 Å². The third-order valence-electron chi connectivity index (χ3n) is 11.8. The molecule has 18 heteroatoms. The average molecular weight is 800 g/mol. The van der Waals surface area contributed by atoms with Gasteiger partial charge in [-0.15, -0.1) is 10.2 Å². The van der Waals surface area contributed by atoms with Crippen LogP contribution in [0.4, 0.5) is 29.5 Å². The molecular weight excluding hydrogens is 756 g/mol. The van der Waals surface area contributed by atoms with E-state index in [9.17, 15) is 27.6 Å². The maximum Gasteiger partial charge on any atom is 0.417 e. The van der Waals surface area contributed by atoms with Gasteiger partial charge >= 0.3 is 12.2 Å². The SMILES string of the molecule is N#Cc1ccc(O[C@H]2CC[C@H](NC(=O)c3ccc(N4CCC(CN5CCC(n6ncc7c(N8CCC(=O)NC8=O)ccnc76)CC5)CC4)nn3)CC2)cc1C(F)(F)F. The van der Waals surface area contributed by atoms with Crippen LogP contribution in [-0.4, -0.2) is 99.1 Å². The van der Waals surface area contributed by atoms with E-state index < -0.39 is 23.3 Å². The molecule has 0 radical (unpaired) electrons. The molecule has 3 aromatic heterocycles. The maximum atomic E-state index is 13.4. The van der Waals surface area contributed by atoms with Gasteiger partial charge < -0.3 is 19.9 Å². The Labute approximate surface area is 332 Å². The van der Waals surface area contributed by atoms with E-state index in [1.165, 1.54) is 6.07 Å². The second-order valence-electron chi connectivity index (χ2n) is 15.5. The van der Waals surface area contributed by atoms with Crippen molar-refractivity contribution in [2.24, 2.45) is 5.92 Å². The molecule has 3 aliphatic heterocycles. The second kappa shape index (κ2) is 16.6. The van der Waals surface area contributed by atoms with E-state index in [1.807, 2.05) is 10.7 Å². The first-order chi connectivity index (χ1) is 28.0. The summed E-state index contributed by atoms with van der Waals surface area (Å²) in [5, 5.41) is 28.5. The lowest BCUT2D eigenvalue weighted by molar-refractivity contribution is -0.138. The van der Waals surface area contributed by atoms with Crippen LogP contribution >= 0.6 is 0 Å². The molecule has 4 aromatic rings. The number of anilines is 2. The number of imide groups is 1. The Balaban J connectivity index is 0.759. The van der Waals surface area contributed by atoms with Crippen LogP contribution in [0.15, 0.2) is 48.8 Å². The number of pyridine rings is 1. The summed E-state index contributed by atoms with van der Waals surface area (Å²) < 4.78 is 47.9. The highest BCUT2D eigenvalue weighted by Gasteiger charge is 2.35. The minimum absolute atomic E-state index is 0.0677. The minimum atomic E-state index is -4.65. The molecule has 4 fully saturated rings. The number of urea groups is 1. The van der Waals surface area contributed by atoms with Crippen LogP contribution in [0.25, 0.3) is 11.0 Å². The van der Waals surface area contributed by atoms with Crippen LogP contribution in [0.3, 0.4) is 0 Å². The molecule has 2 N–H and O–H groups in total. The maximum absolute atomic E-state index is 13.4. The first-order valence-electron chi connectivity index (χ1n) is 19.9. The van der Waals surface area contributed by atoms with E-state index in [2.05, 4.69) is 35.6 Å². The lowest BCUT2D eigenvalue weighted by Crippen LogP contribution is -2.49. The predicted molar refractivity (Wildman–Crippen MR) is 205 cm³/mol. The number of nitrogens with one attached hydrogen (secondary N) is 2. The number of hydrogen-bond acceptors (Lipinski definition) is 11. The number of likely N-dealkylation sites (tertiary alicyclic amines) is 1. The topological polar surface area (TPSA) is 174 Å². The summed E-state index contributed by atoms with van der Waals surface area (Å²) in [6, 6.07) is 9.93. The van der Waals surface area contributed by atoms with Crippen molar-refractivity contribution >= 4 is 40.4 Å². The number of aromatic nitrogens is 5. The van der Waals surface area contributed by atoms with Gasteiger partial charge in [-0.25, -0.2) is 14.5 Å². The number of fused-ring (bicyclic) bond motifs is 1. The van der Waals surface area contributed by atoms with Crippen LogP contribution < -0.4 is 25.2 Å². The Bertz CT molecular complexity index is 2180. The van der Waals surface area contributed by atoms with E-state index in [1.54, 1.807) is 35.5 Å². The van der Waals surface area contributed by atoms with Crippen LogP contribution in [0.2, 0.25) is 0 Å². The summed E-state index contributed by atoms with van der Waals surface area (Å²) in [6.45, 7) is 4.96. The second-order valence-corrected chi connectivity index (χ2v) is 15.5. The normalized spacial score (nSPS) is 21.5. The van der Waals surface area contributed by atoms with Gasteiger partial charge in [-0.3, -0.25) is 19.8 Å². The Kier molecular flexibility index (Phi) is 11.1. The summed E-state index contributed by atoms with van der Waals surface area (Å²) in [4.78, 5) is 48.1. The number of piperidine rings is 2. The number of benzene rings is 1. The molecule has 8 rings (SSSR count). The molecule has 0 unspecified atom stereocenters. The highest BCUT2D eigenvalue weighted by molar-refractivity contribution is 6.09. The van der Waals surface area contributed by atoms with Crippen molar-refractivity contribution in [2.75, 3.05) is 49.1 Å². The molecule has 6 heterocycles. The number of hydrogen-bond donors (Lipinski definition) is 2.